The van der Waals surface area contributed by atoms with E-state index in [1.165, 1.54) is 19.1 Å². The van der Waals surface area contributed by atoms with Crippen molar-refractivity contribution >= 4 is 23.6 Å². The summed E-state index contributed by atoms with van der Waals surface area (Å²) in [5.74, 6) is -1.57. The number of nitrogens with one attached hydrogen (secondary N) is 3. The van der Waals surface area contributed by atoms with Crippen molar-refractivity contribution in [2.24, 2.45) is 5.92 Å². The summed E-state index contributed by atoms with van der Waals surface area (Å²) < 4.78 is 0. The third-order valence-electron chi connectivity index (χ3n) is 6.92. The maximum absolute atomic E-state index is 13.3. The Morgan fingerprint density at radius 1 is 0.775 bits per heavy atom. The van der Waals surface area contributed by atoms with Gasteiger partial charge in [0.2, 0.25) is 23.6 Å². The highest BCUT2D eigenvalue weighted by atomic mass is 16.3. The normalized spacial score (nSPS) is 13.3. The molecule has 0 aliphatic heterocycles. The van der Waals surface area contributed by atoms with Gasteiger partial charge in [-0.2, -0.15) is 0 Å². The zero-order valence-corrected chi connectivity index (χ0v) is 25.4. The molecular formula is C31H52N4O5. The van der Waals surface area contributed by atoms with E-state index in [4.69, 9.17) is 0 Å². The molecule has 1 aromatic carbocycles. The first-order valence-electron chi connectivity index (χ1n) is 14.9. The highest BCUT2D eigenvalue weighted by Gasteiger charge is 2.31. The van der Waals surface area contributed by atoms with Crippen LogP contribution in [0.1, 0.15) is 98.5 Å². The molecule has 226 valence electrons. The third-order valence-corrected chi connectivity index (χ3v) is 6.92. The first-order chi connectivity index (χ1) is 19.0. The van der Waals surface area contributed by atoms with Crippen LogP contribution in [0.2, 0.25) is 0 Å². The largest absolute Gasteiger partial charge is 0.508 e. The predicted octanol–water partition coefficient (Wildman–Crippen LogP) is 4.07. The summed E-state index contributed by atoms with van der Waals surface area (Å²) in [6.07, 6.45) is 8.70. The monoisotopic (exact) mass is 560 g/mol. The summed E-state index contributed by atoms with van der Waals surface area (Å²) in [4.78, 5) is 53.5. The lowest BCUT2D eigenvalue weighted by Crippen LogP contribution is -2.58. The molecule has 0 bridgehead atoms. The molecule has 0 fully saturated rings. The van der Waals surface area contributed by atoms with Crippen molar-refractivity contribution in [3.05, 3.63) is 29.8 Å². The van der Waals surface area contributed by atoms with E-state index in [2.05, 4.69) is 29.8 Å². The van der Waals surface area contributed by atoms with Crippen molar-refractivity contribution < 1.29 is 24.3 Å². The number of unbranched alkanes of at least 4 members (excludes halogenated alkanes) is 6. The fraction of sp³-hybridized carbons (Fsp3) is 0.677. The van der Waals surface area contributed by atoms with Gasteiger partial charge in [0.05, 0.1) is 0 Å². The molecule has 3 atom stereocenters. The van der Waals surface area contributed by atoms with E-state index < -0.39 is 29.9 Å². The average Bonchev–Trinajstić information content (AvgIpc) is 2.90. The van der Waals surface area contributed by atoms with Crippen LogP contribution in [0.4, 0.5) is 0 Å². The SMILES string of the molecule is CCCCCCN(CCCCCC)C(=O)[C@H](C)NC(=O)[C@@H](NC(=O)[C@H](Cc1ccc(O)cc1)NC(C)=O)C(C)C. The molecule has 0 saturated heterocycles. The molecule has 0 aliphatic carbocycles. The van der Waals surface area contributed by atoms with Gasteiger partial charge in [-0.25, -0.2) is 0 Å². The molecule has 1 aromatic rings. The second kappa shape index (κ2) is 19.1. The number of nitrogens with zero attached hydrogens (tertiary/aromatic N) is 1. The van der Waals surface area contributed by atoms with Crippen molar-refractivity contribution in [3.8, 4) is 5.75 Å². The minimum atomic E-state index is -0.906. The van der Waals surface area contributed by atoms with Crippen LogP contribution in [-0.2, 0) is 25.6 Å². The van der Waals surface area contributed by atoms with Gasteiger partial charge in [-0.1, -0.05) is 78.4 Å². The minimum absolute atomic E-state index is 0.102. The zero-order valence-electron chi connectivity index (χ0n) is 25.4. The molecule has 4 amide bonds. The Hall–Kier alpha value is -3.10. The van der Waals surface area contributed by atoms with Gasteiger partial charge in [0.1, 0.15) is 23.9 Å². The van der Waals surface area contributed by atoms with Crippen molar-refractivity contribution in [2.75, 3.05) is 13.1 Å². The molecule has 0 heterocycles. The van der Waals surface area contributed by atoms with Crippen molar-refractivity contribution in [1.82, 2.24) is 20.9 Å². The summed E-state index contributed by atoms with van der Waals surface area (Å²) in [7, 11) is 0. The lowest BCUT2D eigenvalue weighted by atomic mass is 10.0. The van der Waals surface area contributed by atoms with E-state index in [1.807, 2.05) is 18.7 Å². The van der Waals surface area contributed by atoms with Crippen LogP contribution in [0.3, 0.4) is 0 Å². The smallest absolute Gasteiger partial charge is 0.244 e. The molecule has 9 nitrogen and oxygen atoms in total. The van der Waals surface area contributed by atoms with Gasteiger partial charge in [0, 0.05) is 26.4 Å². The van der Waals surface area contributed by atoms with E-state index in [0.717, 1.165) is 56.9 Å². The van der Waals surface area contributed by atoms with Crippen LogP contribution in [0, 0.1) is 5.92 Å². The molecule has 1 rings (SSSR count). The quantitative estimate of drug-likeness (QED) is 0.190. The van der Waals surface area contributed by atoms with Crippen LogP contribution in [0.25, 0.3) is 0 Å². The summed E-state index contributed by atoms with van der Waals surface area (Å²) in [5, 5.41) is 17.8. The van der Waals surface area contributed by atoms with E-state index in [1.54, 1.807) is 19.1 Å². The number of rotatable bonds is 19. The molecular weight excluding hydrogens is 508 g/mol. The molecule has 9 heteroatoms. The fourth-order valence-corrected chi connectivity index (χ4v) is 4.54. The van der Waals surface area contributed by atoms with Crippen LogP contribution >= 0.6 is 0 Å². The maximum atomic E-state index is 13.3. The molecule has 0 aromatic heterocycles. The van der Waals surface area contributed by atoms with Gasteiger partial charge in [-0.15, -0.1) is 0 Å². The van der Waals surface area contributed by atoms with Gasteiger partial charge >= 0.3 is 0 Å². The summed E-state index contributed by atoms with van der Waals surface area (Å²) >= 11 is 0. The Labute approximate surface area is 240 Å². The second-order valence-corrected chi connectivity index (χ2v) is 11.0. The average molecular weight is 561 g/mol. The predicted molar refractivity (Wildman–Crippen MR) is 159 cm³/mol. The maximum Gasteiger partial charge on any atom is 0.244 e. The number of carbonyl (C=O) groups excluding carboxylic acids is 4. The van der Waals surface area contributed by atoms with Gasteiger partial charge in [-0.05, 0) is 43.4 Å². The fourth-order valence-electron chi connectivity index (χ4n) is 4.54. The summed E-state index contributed by atoms with van der Waals surface area (Å²) in [5.41, 5.74) is 0.745. The van der Waals surface area contributed by atoms with E-state index >= 15 is 0 Å². The van der Waals surface area contributed by atoms with E-state index in [0.29, 0.717) is 13.1 Å². The Morgan fingerprint density at radius 2 is 1.32 bits per heavy atom. The Kier molecular flexibility index (Phi) is 16.6. The molecule has 0 radical (unpaired) electrons. The summed E-state index contributed by atoms with van der Waals surface area (Å²) in [6, 6.07) is 3.85. The minimum Gasteiger partial charge on any atom is -0.508 e. The van der Waals surface area contributed by atoms with Gasteiger partial charge < -0.3 is 26.0 Å². The van der Waals surface area contributed by atoms with Gasteiger partial charge in [-0.3, -0.25) is 19.2 Å². The number of benzene rings is 1. The Balaban J connectivity index is 2.90. The number of hydrogen-bond acceptors (Lipinski definition) is 5. The standard InChI is InChI=1S/C31H52N4O5/c1-7-9-11-13-19-35(20-14-12-10-8-2)31(40)23(5)32-30(39)28(22(3)4)34-29(38)27(33-24(6)36)21-25-15-17-26(37)18-16-25/h15-18,22-23,27-28,37H,7-14,19-21H2,1-6H3,(H,32,39)(H,33,36)(H,34,38)/t23-,27-,28-/m0/s1. The van der Waals surface area contributed by atoms with Crippen LogP contribution < -0.4 is 16.0 Å². The first-order valence-corrected chi connectivity index (χ1v) is 14.9. The van der Waals surface area contributed by atoms with E-state index in [9.17, 15) is 24.3 Å². The highest BCUT2D eigenvalue weighted by Crippen LogP contribution is 2.13. The first kappa shape index (κ1) is 34.9. The molecule has 0 aliphatic rings. The van der Waals surface area contributed by atoms with Crippen molar-refractivity contribution in [2.45, 2.75) is 117 Å². The number of phenolic OH excluding ortho intramolecular Hbond substituents is 1. The van der Waals surface area contributed by atoms with Gasteiger partial charge in [0.25, 0.3) is 0 Å². The third kappa shape index (κ3) is 13.3. The topological polar surface area (TPSA) is 128 Å². The lowest BCUT2D eigenvalue weighted by Gasteiger charge is -2.29. The Morgan fingerprint density at radius 3 is 1.80 bits per heavy atom. The number of aromatic hydroxyl groups is 1. The number of hydrogen-bond donors (Lipinski definition) is 4. The highest BCUT2D eigenvalue weighted by molar-refractivity contribution is 5.94. The van der Waals surface area contributed by atoms with Crippen molar-refractivity contribution in [1.29, 1.82) is 0 Å². The summed E-state index contributed by atoms with van der Waals surface area (Å²) in [6.45, 7) is 12.3. The molecule has 0 unspecified atom stereocenters. The van der Waals surface area contributed by atoms with Crippen LogP contribution in [0.15, 0.2) is 24.3 Å². The Bertz CT molecular complexity index is 907. The number of phenols is 1. The zero-order chi connectivity index (χ0) is 30.1. The lowest BCUT2D eigenvalue weighted by molar-refractivity contribution is -0.137. The van der Waals surface area contributed by atoms with Crippen LogP contribution in [0.5, 0.6) is 5.75 Å². The molecule has 4 N–H and O–H groups in total. The van der Waals surface area contributed by atoms with E-state index in [-0.39, 0.29) is 29.9 Å². The van der Waals surface area contributed by atoms with Crippen LogP contribution in [-0.4, -0.2) is 64.9 Å². The number of carbonyl (C=O) groups is 4. The van der Waals surface area contributed by atoms with Crippen molar-refractivity contribution in [3.63, 3.8) is 0 Å². The molecule has 0 saturated carbocycles. The molecule has 0 spiro atoms. The van der Waals surface area contributed by atoms with Gasteiger partial charge in [0.15, 0.2) is 0 Å². The second-order valence-electron chi connectivity index (χ2n) is 11.0. The molecule has 40 heavy (non-hydrogen) atoms. The number of amides is 4.